The molecule has 0 fully saturated rings. The third-order valence-corrected chi connectivity index (χ3v) is 2.96. The third kappa shape index (κ3) is 2.22. The average molecular weight is 228 g/mol. The first kappa shape index (κ1) is 11.8. The van der Waals surface area contributed by atoms with Crippen LogP contribution in [0.15, 0.2) is 42.5 Å². The van der Waals surface area contributed by atoms with Crippen molar-refractivity contribution in [2.45, 2.75) is 20.0 Å². The Hall–Kier alpha value is -1.67. The Bertz CT molecular complexity index is 538. The molecule has 0 aliphatic carbocycles. The van der Waals surface area contributed by atoms with E-state index in [0.717, 1.165) is 10.8 Å². The number of ketones is 1. The first-order valence-corrected chi connectivity index (χ1v) is 5.80. The van der Waals surface area contributed by atoms with Crippen LogP contribution in [-0.4, -0.2) is 10.9 Å². The van der Waals surface area contributed by atoms with Gasteiger partial charge < -0.3 is 5.11 Å². The Morgan fingerprint density at radius 1 is 1.06 bits per heavy atom. The maximum absolute atomic E-state index is 11.8. The molecule has 1 unspecified atom stereocenters. The van der Waals surface area contributed by atoms with Crippen LogP contribution >= 0.6 is 0 Å². The number of rotatable bonds is 3. The Morgan fingerprint density at radius 3 is 2.41 bits per heavy atom. The van der Waals surface area contributed by atoms with Gasteiger partial charge in [0.2, 0.25) is 0 Å². The Morgan fingerprint density at radius 2 is 1.71 bits per heavy atom. The van der Waals surface area contributed by atoms with Crippen LogP contribution in [0.4, 0.5) is 0 Å². The van der Waals surface area contributed by atoms with Crippen molar-refractivity contribution in [2.75, 3.05) is 0 Å². The summed E-state index contributed by atoms with van der Waals surface area (Å²) >= 11 is 0. The maximum Gasteiger partial charge on any atom is 0.168 e. The van der Waals surface area contributed by atoms with Gasteiger partial charge in [0.15, 0.2) is 5.78 Å². The second kappa shape index (κ2) is 4.68. The minimum absolute atomic E-state index is 0.138. The van der Waals surface area contributed by atoms with Crippen LogP contribution in [0.1, 0.15) is 25.5 Å². The second-order valence-corrected chi connectivity index (χ2v) is 4.53. The first-order valence-electron chi connectivity index (χ1n) is 5.80. The largest absolute Gasteiger partial charge is 0.381 e. The van der Waals surface area contributed by atoms with Crippen LogP contribution in [-0.2, 0) is 4.79 Å². The number of Topliss-reactive ketones (excluding diaryl/α,β-unsaturated/α-hetero) is 1. The number of aliphatic hydroxyl groups is 1. The summed E-state index contributed by atoms with van der Waals surface area (Å²) in [6, 6.07) is 13.4. The monoisotopic (exact) mass is 228 g/mol. The highest BCUT2D eigenvalue weighted by molar-refractivity contribution is 5.93. The van der Waals surface area contributed by atoms with Gasteiger partial charge in [-0.05, 0) is 16.3 Å². The van der Waals surface area contributed by atoms with Crippen molar-refractivity contribution < 1.29 is 9.90 Å². The Kier molecular flexibility index (Phi) is 3.25. The molecule has 17 heavy (non-hydrogen) atoms. The fraction of sp³-hybridized carbons (Fsp3) is 0.267. The summed E-state index contributed by atoms with van der Waals surface area (Å²) in [5.74, 6) is -0.301. The van der Waals surface area contributed by atoms with Crippen LogP contribution in [0.2, 0.25) is 0 Å². The van der Waals surface area contributed by atoms with Crippen molar-refractivity contribution in [1.29, 1.82) is 0 Å². The zero-order valence-electron chi connectivity index (χ0n) is 10.1. The molecule has 0 bridgehead atoms. The number of hydrogen-bond donors (Lipinski definition) is 1. The topological polar surface area (TPSA) is 37.3 Å². The predicted molar refractivity (Wildman–Crippen MR) is 68.8 cm³/mol. The summed E-state index contributed by atoms with van der Waals surface area (Å²) in [4.78, 5) is 11.8. The number of hydrogen-bond acceptors (Lipinski definition) is 2. The van der Waals surface area contributed by atoms with Crippen LogP contribution in [0.25, 0.3) is 10.8 Å². The zero-order valence-corrected chi connectivity index (χ0v) is 10.1. The highest BCUT2D eigenvalue weighted by Gasteiger charge is 2.21. The standard InChI is InChI=1S/C15H16O2/c1-10(2)14(16)15(17)13-9-5-7-11-6-3-4-8-12(11)13/h3-10,15,17H,1-2H3. The lowest BCUT2D eigenvalue weighted by Gasteiger charge is -2.14. The van der Waals surface area contributed by atoms with E-state index >= 15 is 0 Å². The average Bonchev–Trinajstić information content (AvgIpc) is 2.36. The van der Waals surface area contributed by atoms with Crippen molar-refractivity contribution in [2.24, 2.45) is 5.92 Å². The van der Waals surface area contributed by atoms with E-state index in [1.165, 1.54) is 0 Å². The summed E-state index contributed by atoms with van der Waals surface area (Å²) in [6.45, 7) is 3.60. The number of benzene rings is 2. The molecule has 0 spiro atoms. The number of carbonyl (C=O) groups is 1. The van der Waals surface area contributed by atoms with E-state index in [0.29, 0.717) is 5.56 Å². The van der Waals surface area contributed by atoms with Crippen molar-refractivity contribution in [1.82, 2.24) is 0 Å². The summed E-state index contributed by atoms with van der Waals surface area (Å²) in [5, 5.41) is 12.1. The van der Waals surface area contributed by atoms with Gasteiger partial charge in [-0.25, -0.2) is 0 Å². The minimum atomic E-state index is -1.03. The van der Waals surface area contributed by atoms with E-state index < -0.39 is 6.10 Å². The third-order valence-electron chi connectivity index (χ3n) is 2.96. The van der Waals surface area contributed by atoms with Gasteiger partial charge in [-0.2, -0.15) is 0 Å². The molecule has 0 amide bonds. The maximum atomic E-state index is 11.8. The Labute approximate surface area is 101 Å². The molecule has 1 atom stereocenters. The van der Waals surface area contributed by atoms with E-state index in [4.69, 9.17) is 0 Å². The van der Waals surface area contributed by atoms with Gasteiger partial charge in [-0.1, -0.05) is 56.3 Å². The molecule has 0 saturated carbocycles. The molecule has 2 rings (SSSR count). The SMILES string of the molecule is CC(C)C(=O)C(O)c1cccc2ccccc12. The fourth-order valence-corrected chi connectivity index (χ4v) is 1.96. The van der Waals surface area contributed by atoms with E-state index in [2.05, 4.69) is 0 Å². The lowest BCUT2D eigenvalue weighted by molar-refractivity contribution is -0.130. The lowest BCUT2D eigenvalue weighted by Crippen LogP contribution is -2.17. The zero-order chi connectivity index (χ0) is 12.4. The number of carbonyl (C=O) groups excluding carboxylic acids is 1. The van der Waals surface area contributed by atoms with E-state index in [1.54, 1.807) is 13.8 Å². The quantitative estimate of drug-likeness (QED) is 0.876. The van der Waals surface area contributed by atoms with E-state index in [9.17, 15) is 9.90 Å². The molecule has 2 nitrogen and oxygen atoms in total. The van der Waals surface area contributed by atoms with Crippen LogP contribution < -0.4 is 0 Å². The van der Waals surface area contributed by atoms with Crippen molar-refractivity contribution in [3.63, 3.8) is 0 Å². The summed E-state index contributed by atoms with van der Waals surface area (Å²) in [6.07, 6.45) is -1.03. The van der Waals surface area contributed by atoms with Crippen molar-refractivity contribution in [3.05, 3.63) is 48.0 Å². The van der Waals surface area contributed by atoms with Gasteiger partial charge in [0.05, 0.1) is 0 Å². The normalized spacial score (nSPS) is 12.9. The van der Waals surface area contributed by atoms with Gasteiger partial charge in [0, 0.05) is 5.92 Å². The van der Waals surface area contributed by atoms with E-state index in [1.807, 2.05) is 42.5 Å². The van der Waals surface area contributed by atoms with Gasteiger partial charge in [-0.3, -0.25) is 4.79 Å². The van der Waals surface area contributed by atoms with Gasteiger partial charge in [0.25, 0.3) is 0 Å². The molecule has 0 aliphatic rings. The second-order valence-electron chi connectivity index (χ2n) is 4.53. The molecule has 0 radical (unpaired) electrons. The molecule has 0 saturated heterocycles. The lowest BCUT2D eigenvalue weighted by atomic mass is 9.94. The van der Waals surface area contributed by atoms with E-state index in [-0.39, 0.29) is 11.7 Å². The van der Waals surface area contributed by atoms with Crippen LogP contribution in [0.5, 0.6) is 0 Å². The van der Waals surface area contributed by atoms with Gasteiger partial charge in [0.1, 0.15) is 6.10 Å². The smallest absolute Gasteiger partial charge is 0.168 e. The molecule has 0 aliphatic heterocycles. The molecule has 1 N–H and O–H groups in total. The highest BCUT2D eigenvalue weighted by atomic mass is 16.3. The van der Waals surface area contributed by atoms with Crippen molar-refractivity contribution in [3.8, 4) is 0 Å². The highest BCUT2D eigenvalue weighted by Crippen LogP contribution is 2.26. The number of aliphatic hydroxyl groups excluding tert-OH is 1. The number of fused-ring (bicyclic) bond motifs is 1. The fourth-order valence-electron chi connectivity index (χ4n) is 1.96. The molecular formula is C15H16O2. The molecule has 88 valence electrons. The first-order chi connectivity index (χ1) is 8.11. The molecule has 0 aromatic heterocycles. The molecule has 2 heteroatoms. The molecule has 2 aromatic rings. The summed E-state index contributed by atoms with van der Waals surface area (Å²) in [5.41, 5.74) is 0.696. The van der Waals surface area contributed by atoms with Crippen molar-refractivity contribution >= 4 is 16.6 Å². The van der Waals surface area contributed by atoms with Gasteiger partial charge in [-0.15, -0.1) is 0 Å². The molecule has 2 aromatic carbocycles. The minimum Gasteiger partial charge on any atom is -0.381 e. The van der Waals surface area contributed by atoms with Crippen LogP contribution in [0.3, 0.4) is 0 Å². The van der Waals surface area contributed by atoms with Gasteiger partial charge >= 0.3 is 0 Å². The summed E-state index contributed by atoms with van der Waals surface area (Å²) in [7, 11) is 0. The molecular weight excluding hydrogens is 212 g/mol. The predicted octanol–water partition coefficient (Wildman–Crippen LogP) is 3.10. The Balaban J connectivity index is 2.52. The molecule has 0 heterocycles. The summed E-state index contributed by atoms with van der Waals surface area (Å²) < 4.78 is 0. The van der Waals surface area contributed by atoms with Crippen LogP contribution in [0, 0.1) is 5.92 Å².